The van der Waals surface area contributed by atoms with Crippen LogP contribution in [0.3, 0.4) is 0 Å². The Kier molecular flexibility index (Phi) is 0.859. The molecular formula is C3H5N3+. The molecule has 31 valence electrons. The largest absolute Gasteiger partial charge is 0.273 e. The molecule has 0 saturated carbocycles. The van der Waals surface area contributed by atoms with Crippen LogP contribution in [-0.4, -0.2) is 19.1 Å². The van der Waals surface area contributed by atoms with Gasteiger partial charge >= 0.3 is 0 Å². The SMILES string of the molecule is C1=NCC=[N+]N1. The number of nitrogens with one attached hydrogen (secondary N) is 1. The molecule has 1 aliphatic rings. The molecule has 1 aliphatic heterocycles. The van der Waals surface area contributed by atoms with Crippen molar-refractivity contribution < 1.29 is 0 Å². The van der Waals surface area contributed by atoms with E-state index in [2.05, 4.69) is 15.5 Å². The van der Waals surface area contributed by atoms with Crippen molar-refractivity contribution in [2.45, 2.75) is 0 Å². The van der Waals surface area contributed by atoms with Crippen molar-refractivity contribution in [3.05, 3.63) is 0 Å². The van der Waals surface area contributed by atoms with Gasteiger partial charge in [0.25, 0.3) is 6.21 Å². The van der Waals surface area contributed by atoms with Gasteiger partial charge in [-0.3, -0.25) is 4.99 Å². The number of aliphatic imine (C=N–C) groups is 1. The van der Waals surface area contributed by atoms with E-state index in [-0.39, 0.29) is 0 Å². The first-order chi connectivity index (χ1) is 3.00. The molecule has 0 aromatic rings. The second-order valence-corrected chi connectivity index (χ2v) is 0.935. The molecule has 0 unspecified atom stereocenters. The molecule has 0 amide bonds. The van der Waals surface area contributed by atoms with Crippen LogP contribution in [0.25, 0.3) is 0 Å². The smallest absolute Gasteiger partial charge is 0.259 e. The van der Waals surface area contributed by atoms with Crippen molar-refractivity contribution in [1.29, 1.82) is 0 Å². The molecular weight excluding hydrogens is 78.1 g/mol. The van der Waals surface area contributed by atoms with E-state index in [1.165, 1.54) is 0 Å². The fraction of sp³-hybridized carbons (Fsp3) is 0.333. The molecule has 6 heavy (non-hydrogen) atoms. The van der Waals surface area contributed by atoms with E-state index >= 15 is 0 Å². The van der Waals surface area contributed by atoms with Gasteiger partial charge in [0.2, 0.25) is 0 Å². The Morgan fingerprint density at radius 3 is 3.00 bits per heavy atom. The summed E-state index contributed by atoms with van der Waals surface area (Å²) in [6.45, 7) is 0.715. The summed E-state index contributed by atoms with van der Waals surface area (Å²) < 4.78 is 0. The van der Waals surface area contributed by atoms with E-state index in [4.69, 9.17) is 0 Å². The van der Waals surface area contributed by atoms with Gasteiger partial charge in [-0.1, -0.05) is 5.43 Å². The standard InChI is InChI=1S/C3H5N3/c1-2-5-6-3-4-1/h2-3H,1H2,(H,4,6)/q+1. The van der Waals surface area contributed by atoms with Crippen molar-refractivity contribution in [2.24, 2.45) is 4.99 Å². The maximum atomic E-state index is 3.79. The maximum Gasteiger partial charge on any atom is 0.273 e. The van der Waals surface area contributed by atoms with Crippen LogP contribution in [0.4, 0.5) is 0 Å². The van der Waals surface area contributed by atoms with Crippen LogP contribution in [-0.2, 0) is 0 Å². The minimum Gasteiger partial charge on any atom is -0.259 e. The fourth-order valence-electron chi connectivity index (χ4n) is 0.268. The molecule has 0 saturated heterocycles. The van der Waals surface area contributed by atoms with E-state index in [0.717, 1.165) is 0 Å². The Bertz CT molecular complexity index is 64.0. The molecule has 1 radical (unpaired) electrons. The lowest BCUT2D eigenvalue weighted by Gasteiger charge is -1.77. The molecule has 1 N–H and O–H groups in total. The molecule has 3 heteroatoms. The topological polar surface area (TPSA) is 38.5 Å². The zero-order chi connectivity index (χ0) is 4.24. The molecule has 0 spiro atoms. The summed E-state index contributed by atoms with van der Waals surface area (Å²) in [5, 5.41) is 3.65. The lowest BCUT2D eigenvalue weighted by atomic mass is 10.7. The predicted molar refractivity (Wildman–Crippen MR) is 24.7 cm³/mol. The highest BCUT2D eigenvalue weighted by atomic mass is 15.3. The third-order valence-corrected chi connectivity index (χ3v) is 0.502. The van der Waals surface area contributed by atoms with Crippen molar-refractivity contribution >= 4 is 12.6 Å². The summed E-state index contributed by atoms with van der Waals surface area (Å²) in [7, 11) is 0. The fourth-order valence-corrected chi connectivity index (χ4v) is 0.268. The molecule has 0 aromatic heterocycles. The molecule has 0 aromatic carbocycles. The molecule has 1 rings (SSSR count). The quantitative estimate of drug-likeness (QED) is 0.398. The normalized spacial score (nSPS) is 17.3. The Morgan fingerprint density at radius 1 is 1.83 bits per heavy atom. The van der Waals surface area contributed by atoms with Gasteiger partial charge in [0.15, 0.2) is 5.10 Å². The summed E-state index contributed by atoms with van der Waals surface area (Å²) in [5.41, 5.74) is 2.56. The Morgan fingerprint density at radius 2 is 2.83 bits per heavy atom. The van der Waals surface area contributed by atoms with E-state index < -0.39 is 0 Å². The summed E-state index contributed by atoms with van der Waals surface area (Å²) in [6, 6.07) is 0. The first-order valence-electron chi connectivity index (χ1n) is 1.75. The number of hydrogen-bond acceptors (Lipinski definition) is 3. The van der Waals surface area contributed by atoms with E-state index in [1.807, 2.05) is 0 Å². The maximum absolute atomic E-state index is 3.79. The highest BCUT2D eigenvalue weighted by molar-refractivity contribution is 5.67. The number of nitrogens with zero attached hydrogens (tertiary/aromatic N) is 2. The van der Waals surface area contributed by atoms with Crippen molar-refractivity contribution in [2.75, 3.05) is 6.54 Å². The summed E-state index contributed by atoms with van der Waals surface area (Å²) in [5.74, 6) is 0. The van der Waals surface area contributed by atoms with Crippen molar-refractivity contribution in [3.63, 3.8) is 0 Å². The van der Waals surface area contributed by atoms with Gasteiger partial charge in [-0.15, -0.1) is 0 Å². The van der Waals surface area contributed by atoms with Crippen LogP contribution in [0.1, 0.15) is 0 Å². The van der Waals surface area contributed by atoms with Gasteiger partial charge in [0.1, 0.15) is 12.9 Å². The predicted octanol–water partition coefficient (Wildman–Crippen LogP) is -1.06. The van der Waals surface area contributed by atoms with Crippen molar-refractivity contribution in [3.8, 4) is 0 Å². The first-order valence-corrected chi connectivity index (χ1v) is 1.75. The van der Waals surface area contributed by atoms with E-state index in [9.17, 15) is 0 Å². The summed E-state index contributed by atoms with van der Waals surface area (Å²) >= 11 is 0. The van der Waals surface area contributed by atoms with Gasteiger partial charge in [-0.05, 0) is 0 Å². The van der Waals surface area contributed by atoms with Gasteiger partial charge < -0.3 is 0 Å². The monoisotopic (exact) mass is 83.0 g/mol. The Balaban J connectivity index is 2.40. The van der Waals surface area contributed by atoms with Gasteiger partial charge in [-0.25, -0.2) is 0 Å². The zero-order valence-corrected chi connectivity index (χ0v) is 3.26. The highest BCUT2D eigenvalue weighted by Gasteiger charge is 1.89. The first kappa shape index (κ1) is 3.33. The third-order valence-electron chi connectivity index (χ3n) is 0.502. The lowest BCUT2D eigenvalue weighted by molar-refractivity contribution is 0.910. The summed E-state index contributed by atoms with van der Waals surface area (Å²) in [6.07, 6.45) is 3.28. The van der Waals surface area contributed by atoms with E-state index in [1.54, 1.807) is 12.6 Å². The molecule has 1 heterocycles. The van der Waals surface area contributed by atoms with Crippen LogP contribution < -0.4 is 10.5 Å². The zero-order valence-electron chi connectivity index (χ0n) is 3.26. The lowest BCUT2D eigenvalue weighted by Crippen LogP contribution is -2.19. The molecule has 0 bridgehead atoms. The minimum atomic E-state index is 0.715. The number of hydrazone groups is 1. The Labute approximate surface area is 35.8 Å². The Hall–Kier alpha value is -0.860. The van der Waals surface area contributed by atoms with Crippen LogP contribution in [0.5, 0.6) is 0 Å². The number of rotatable bonds is 0. The number of hydrogen-bond donors (Lipinski definition) is 1. The van der Waals surface area contributed by atoms with Gasteiger partial charge in [0.05, 0.1) is 0 Å². The average molecular weight is 83.1 g/mol. The second kappa shape index (κ2) is 1.55. The van der Waals surface area contributed by atoms with E-state index in [0.29, 0.717) is 6.54 Å². The van der Waals surface area contributed by atoms with Crippen molar-refractivity contribution in [1.82, 2.24) is 10.5 Å². The third kappa shape index (κ3) is 0.544. The van der Waals surface area contributed by atoms with Crippen LogP contribution in [0.2, 0.25) is 0 Å². The molecule has 0 aliphatic carbocycles. The van der Waals surface area contributed by atoms with Gasteiger partial charge in [0, 0.05) is 0 Å². The molecule has 0 atom stereocenters. The molecule has 3 nitrogen and oxygen atoms in total. The van der Waals surface area contributed by atoms with Gasteiger partial charge in [-0.2, -0.15) is 0 Å². The highest BCUT2D eigenvalue weighted by Crippen LogP contribution is 1.58. The van der Waals surface area contributed by atoms with Crippen LogP contribution in [0.15, 0.2) is 4.99 Å². The minimum absolute atomic E-state index is 0.715. The average Bonchev–Trinajstić information content (AvgIpc) is 1.72. The molecule has 0 fully saturated rings. The second-order valence-electron chi connectivity index (χ2n) is 0.935. The van der Waals surface area contributed by atoms with Crippen LogP contribution in [0, 0.1) is 0 Å². The van der Waals surface area contributed by atoms with Crippen LogP contribution >= 0.6 is 0 Å². The summed E-state index contributed by atoms with van der Waals surface area (Å²) in [4.78, 5) is 3.79.